The van der Waals surface area contributed by atoms with Gasteiger partial charge in [-0.2, -0.15) is 0 Å². The van der Waals surface area contributed by atoms with Crippen LogP contribution in [-0.4, -0.2) is 24.0 Å². The summed E-state index contributed by atoms with van der Waals surface area (Å²) >= 11 is 0. The molecule has 102 valence electrons. The Balaban J connectivity index is 2.19. The molecule has 20 heavy (non-hydrogen) atoms. The molecule has 5 nitrogen and oxygen atoms in total. The number of methoxy groups -OCH3 is 1. The molecule has 0 radical (unpaired) electrons. The summed E-state index contributed by atoms with van der Waals surface area (Å²) in [4.78, 5) is 27.2. The molecule has 0 amide bonds. The SMILES string of the molecule is COC(=O)c1cccc(C(=O)Oc2cccc(C)c2)n1. The zero-order valence-electron chi connectivity index (χ0n) is 11.1. The predicted molar refractivity (Wildman–Crippen MR) is 71.7 cm³/mol. The third-order valence-electron chi connectivity index (χ3n) is 2.55. The fraction of sp³-hybridized carbons (Fsp3) is 0.133. The fourth-order valence-electron chi connectivity index (χ4n) is 1.60. The second-order valence-electron chi connectivity index (χ2n) is 4.11. The second kappa shape index (κ2) is 5.97. The van der Waals surface area contributed by atoms with Crippen LogP contribution in [0.2, 0.25) is 0 Å². The van der Waals surface area contributed by atoms with Gasteiger partial charge in [-0.25, -0.2) is 14.6 Å². The number of nitrogens with zero attached hydrogens (tertiary/aromatic N) is 1. The van der Waals surface area contributed by atoms with Gasteiger partial charge in [0.25, 0.3) is 0 Å². The first-order chi connectivity index (χ1) is 9.60. The number of esters is 2. The van der Waals surface area contributed by atoms with E-state index in [1.165, 1.54) is 19.2 Å². The number of rotatable bonds is 3. The minimum atomic E-state index is -0.624. The highest BCUT2D eigenvalue weighted by Crippen LogP contribution is 2.14. The zero-order chi connectivity index (χ0) is 14.5. The first-order valence-electron chi connectivity index (χ1n) is 5.94. The lowest BCUT2D eigenvalue weighted by Crippen LogP contribution is -2.13. The Morgan fingerprint density at radius 1 is 1.00 bits per heavy atom. The van der Waals surface area contributed by atoms with E-state index in [0.29, 0.717) is 5.75 Å². The van der Waals surface area contributed by atoms with Gasteiger partial charge in [0.05, 0.1) is 7.11 Å². The van der Waals surface area contributed by atoms with Crippen LogP contribution in [0.5, 0.6) is 5.75 Å². The number of aromatic nitrogens is 1. The Morgan fingerprint density at radius 3 is 2.30 bits per heavy atom. The predicted octanol–water partition coefficient (Wildman–Crippen LogP) is 2.40. The van der Waals surface area contributed by atoms with Crippen molar-refractivity contribution >= 4 is 11.9 Å². The smallest absolute Gasteiger partial charge is 0.362 e. The number of carbonyl (C=O) groups is 2. The van der Waals surface area contributed by atoms with Crippen LogP contribution in [0.1, 0.15) is 26.5 Å². The normalized spacial score (nSPS) is 9.90. The van der Waals surface area contributed by atoms with Gasteiger partial charge in [0, 0.05) is 0 Å². The first-order valence-corrected chi connectivity index (χ1v) is 5.94. The molecule has 1 heterocycles. The van der Waals surface area contributed by atoms with E-state index < -0.39 is 11.9 Å². The number of ether oxygens (including phenoxy) is 2. The number of aryl methyl sites for hydroxylation is 1. The van der Waals surface area contributed by atoms with Crippen molar-refractivity contribution in [2.45, 2.75) is 6.92 Å². The van der Waals surface area contributed by atoms with E-state index in [1.807, 2.05) is 13.0 Å². The summed E-state index contributed by atoms with van der Waals surface area (Å²) in [6.45, 7) is 1.90. The largest absolute Gasteiger partial charge is 0.464 e. The molecule has 0 fully saturated rings. The van der Waals surface area contributed by atoms with Crippen LogP contribution >= 0.6 is 0 Å². The molecule has 0 spiro atoms. The molecule has 0 saturated carbocycles. The monoisotopic (exact) mass is 271 g/mol. The van der Waals surface area contributed by atoms with Crippen molar-refractivity contribution in [2.24, 2.45) is 0 Å². The molecule has 1 aromatic heterocycles. The number of carbonyl (C=O) groups excluding carboxylic acids is 2. The number of pyridine rings is 1. The van der Waals surface area contributed by atoms with Gasteiger partial charge < -0.3 is 9.47 Å². The molecular formula is C15H13NO4. The van der Waals surface area contributed by atoms with E-state index in [-0.39, 0.29) is 11.4 Å². The van der Waals surface area contributed by atoms with Crippen molar-refractivity contribution in [3.63, 3.8) is 0 Å². The molecule has 0 unspecified atom stereocenters. The molecule has 0 aliphatic heterocycles. The third kappa shape index (κ3) is 3.20. The number of hydrogen-bond acceptors (Lipinski definition) is 5. The minimum absolute atomic E-state index is 0.0504. The van der Waals surface area contributed by atoms with E-state index >= 15 is 0 Å². The Morgan fingerprint density at radius 2 is 1.65 bits per heavy atom. The van der Waals surface area contributed by atoms with E-state index in [4.69, 9.17) is 4.74 Å². The topological polar surface area (TPSA) is 65.5 Å². The van der Waals surface area contributed by atoms with Crippen molar-refractivity contribution < 1.29 is 19.1 Å². The molecular weight excluding hydrogens is 258 g/mol. The zero-order valence-corrected chi connectivity index (χ0v) is 11.1. The summed E-state index contributed by atoms with van der Waals surface area (Å²) in [6, 6.07) is 11.6. The van der Waals surface area contributed by atoms with Gasteiger partial charge in [-0.3, -0.25) is 0 Å². The lowest BCUT2D eigenvalue weighted by atomic mass is 10.2. The average molecular weight is 271 g/mol. The van der Waals surface area contributed by atoms with E-state index in [9.17, 15) is 9.59 Å². The Hall–Kier alpha value is -2.69. The highest BCUT2D eigenvalue weighted by atomic mass is 16.5. The quantitative estimate of drug-likeness (QED) is 0.633. The molecule has 0 bridgehead atoms. The minimum Gasteiger partial charge on any atom is -0.464 e. The van der Waals surface area contributed by atoms with Crippen molar-refractivity contribution in [1.82, 2.24) is 4.98 Å². The Labute approximate surface area is 116 Å². The number of benzene rings is 1. The fourth-order valence-corrected chi connectivity index (χ4v) is 1.60. The van der Waals surface area contributed by atoms with Crippen LogP contribution in [0.3, 0.4) is 0 Å². The Bertz CT molecular complexity index is 652. The first kappa shape index (κ1) is 13.7. The molecule has 0 atom stereocenters. The van der Waals surface area contributed by atoms with Gasteiger partial charge in [0.2, 0.25) is 0 Å². The maximum atomic E-state index is 12.0. The van der Waals surface area contributed by atoms with E-state index in [1.54, 1.807) is 24.3 Å². The summed E-state index contributed by atoms with van der Waals surface area (Å²) < 4.78 is 9.75. The van der Waals surface area contributed by atoms with Gasteiger partial charge in [0.15, 0.2) is 0 Å². The van der Waals surface area contributed by atoms with Gasteiger partial charge in [-0.1, -0.05) is 18.2 Å². The molecule has 2 aromatic rings. The van der Waals surface area contributed by atoms with Gasteiger partial charge in [-0.05, 0) is 36.8 Å². The van der Waals surface area contributed by atoms with Crippen molar-refractivity contribution in [1.29, 1.82) is 0 Å². The highest BCUT2D eigenvalue weighted by molar-refractivity contribution is 5.92. The Kier molecular flexibility index (Phi) is 4.10. The lowest BCUT2D eigenvalue weighted by molar-refractivity contribution is 0.0593. The summed E-state index contributed by atoms with van der Waals surface area (Å²) in [5.41, 5.74) is 1.09. The van der Waals surface area contributed by atoms with Gasteiger partial charge in [0.1, 0.15) is 17.1 Å². The standard InChI is InChI=1S/C15H13NO4/c1-10-5-3-6-11(9-10)20-15(18)13-8-4-7-12(16-13)14(17)19-2/h3-9H,1-2H3. The van der Waals surface area contributed by atoms with E-state index in [2.05, 4.69) is 9.72 Å². The van der Waals surface area contributed by atoms with Crippen LogP contribution in [0.25, 0.3) is 0 Å². The average Bonchev–Trinajstić information content (AvgIpc) is 2.46. The lowest BCUT2D eigenvalue weighted by Gasteiger charge is -2.05. The highest BCUT2D eigenvalue weighted by Gasteiger charge is 2.14. The van der Waals surface area contributed by atoms with Crippen LogP contribution < -0.4 is 4.74 Å². The van der Waals surface area contributed by atoms with Crippen LogP contribution in [0.4, 0.5) is 0 Å². The van der Waals surface area contributed by atoms with Crippen molar-refractivity contribution in [3.8, 4) is 5.75 Å². The maximum Gasteiger partial charge on any atom is 0.362 e. The van der Waals surface area contributed by atoms with Crippen molar-refractivity contribution in [2.75, 3.05) is 7.11 Å². The number of hydrogen-bond donors (Lipinski definition) is 0. The van der Waals surface area contributed by atoms with Crippen LogP contribution in [-0.2, 0) is 4.74 Å². The van der Waals surface area contributed by atoms with E-state index in [0.717, 1.165) is 5.56 Å². The summed E-state index contributed by atoms with van der Waals surface area (Å²) in [6.07, 6.45) is 0. The molecule has 0 aliphatic rings. The molecule has 5 heteroatoms. The van der Waals surface area contributed by atoms with Crippen LogP contribution in [0, 0.1) is 6.92 Å². The second-order valence-corrected chi connectivity index (χ2v) is 4.11. The van der Waals surface area contributed by atoms with Gasteiger partial charge >= 0.3 is 11.9 Å². The van der Waals surface area contributed by atoms with Crippen molar-refractivity contribution in [3.05, 3.63) is 59.4 Å². The molecule has 0 saturated heterocycles. The van der Waals surface area contributed by atoms with Gasteiger partial charge in [-0.15, -0.1) is 0 Å². The molecule has 1 aromatic carbocycles. The molecule has 2 rings (SSSR count). The summed E-state index contributed by atoms with van der Waals surface area (Å²) in [5, 5.41) is 0. The summed E-state index contributed by atoms with van der Waals surface area (Å²) in [7, 11) is 1.25. The maximum absolute atomic E-state index is 12.0. The van der Waals surface area contributed by atoms with Crippen LogP contribution in [0.15, 0.2) is 42.5 Å². The summed E-state index contributed by atoms with van der Waals surface area (Å²) in [5.74, 6) is -0.795. The molecule has 0 aliphatic carbocycles. The third-order valence-corrected chi connectivity index (χ3v) is 2.55. The molecule has 0 N–H and O–H groups in total.